The predicted molar refractivity (Wildman–Crippen MR) is 132 cm³/mol. The highest BCUT2D eigenvalue weighted by Gasteiger charge is 2.11. The number of ether oxygens (including phenoxy) is 3. The maximum atomic E-state index is 12.6. The van der Waals surface area contributed by atoms with Gasteiger partial charge in [-0.3, -0.25) is 9.35 Å². The van der Waals surface area contributed by atoms with Gasteiger partial charge in [0.05, 0.1) is 25.0 Å². The summed E-state index contributed by atoms with van der Waals surface area (Å²) in [5.41, 5.74) is 1.80. The van der Waals surface area contributed by atoms with E-state index in [1.54, 1.807) is 31.4 Å². The van der Waals surface area contributed by atoms with Crippen LogP contribution in [-0.2, 0) is 16.7 Å². The highest BCUT2D eigenvalue weighted by Crippen LogP contribution is 2.30. The molecule has 0 aliphatic heterocycles. The van der Waals surface area contributed by atoms with E-state index in [-0.39, 0.29) is 30.1 Å². The third kappa shape index (κ3) is 8.16. The van der Waals surface area contributed by atoms with E-state index in [9.17, 15) is 18.3 Å². The summed E-state index contributed by atoms with van der Waals surface area (Å²) in [6.07, 6.45) is 3.03. The van der Waals surface area contributed by atoms with Crippen LogP contribution in [0.3, 0.4) is 0 Å². The Labute approximate surface area is 204 Å². The summed E-state index contributed by atoms with van der Waals surface area (Å²) < 4.78 is 46.8. The molecule has 0 bridgehead atoms. The van der Waals surface area contributed by atoms with Gasteiger partial charge in [0.25, 0.3) is 10.1 Å². The lowest BCUT2D eigenvalue weighted by molar-refractivity contribution is 0.104. The van der Waals surface area contributed by atoms with E-state index < -0.39 is 21.7 Å². The summed E-state index contributed by atoms with van der Waals surface area (Å²) in [4.78, 5) is 12.6. The molecule has 0 atom stereocenters. The van der Waals surface area contributed by atoms with Crippen molar-refractivity contribution in [2.45, 2.75) is 13.0 Å². The number of methoxy groups -OCH3 is 1. The van der Waals surface area contributed by atoms with Crippen molar-refractivity contribution < 1.29 is 37.1 Å². The molecule has 0 saturated carbocycles. The minimum Gasteiger partial charge on any atom is -0.507 e. The number of aromatic hydroxyl groups is 1. The Morgan fingerprint density at radius 3 is 2.43 bits per heavy atom. The maximum absolute atomic E-state index is 12.6. The fourth-order valence-electron chi connectivity index (χ4n) is 3.15. The molecule has 3 aromatic carbocycles. The molecular weight excluding hydrogens is 472 g/mol. The molecule has 0 aliphatic rings. The smallest absolute Gasteiger partial charge is 0.264 e. The van der Waals surface area contributed by atoms with Crippen LogP contribution in [-0.4, -0.2) is 43.3 Å². The van der Waals surface area contributed by atoms with Crippen molar-refractivity contribution in [1.29, 1.82) is 0 Å². The molecule has 0 aliphatic carbocycles. The van der Waals surface area contributed by atoms with Crippen molar-refractivity contribution in [3.8, 4) is 23.0 Å². The molecule has 0 aromatic heterocycles. The Kier molecular flexibility index (Phi) is 8.88. The van der Waals surface area contributed by atoms with E-state index in [1.165, 1.54) is 24.3 Å². The lowest BCUT2D eigenvalue weighted by Gasteiger charge is -2.11. The number of hydrogen-bond acceptors (Lipinski definition) is 7. The maximum Gasteiger partial charge on any atom is 0.264 e. The molecule has 0 fully saturated rings. The zero-order valence-corrected chi connectivity index (χ0v) is 19.9. The summed E-state index contributed by atoms with van der Waals surface area (Å²) >= 11 is 0. The van der Waals surface area contributed by atoms with Gasteiger partial charge in [0.15, 0.2) is 17.3 Å². The van der Waals surface area contributed by atoms with Gasteiger partial charge in [-0.2, -0.15) is 8.42 Å². The number of carbonyl (C=O) groups excluding carboxylic acids is 1. The molecule has 3 rings (SSSR count). The van der Waals surface area contributed by atoms with E-state index in [4.69, 9.17) is 18.8 Å². The van der Waals surface area contributed by atoms with Gasteiger partial charge in [-0.1, -0.05) is 42.5 Å². The number of hydrogen-bond donors (Lipinski definition) is 2. The van der Waals surface area contributed by atoms with Crippen molar-refractivity contribution in [3.63, 3.8) is 0 Å². The monoisotopic (exact) mass is 498 g/mol. The summed E-state index contributed by atoms with van der Waals surface area (Å²) in [5.74, 6) is 0.258. The van der Waals surface area contributed by atoms with Crippen LogP contribution in [0.4, 0.5) is 0 Å². The molecule has 2 N–H and O–H groups in total. The van der Waals surface area contributed by atoms with E-state index in [2.05, 4.69) is 0 Å². The molecule has 0 unspecified atom stereocenters. The topological polar surface area (TPSA) is 119 Å². The van der Waals surface area contributed by atoms with Crippen molar-refractivity contribution in [1.82, 2.24) is 0 Å². The molecule has 0 amide bonds. The van der Waals surface area contributed by atoms with Gasteiger partial charge in [-0.25, -0.2) is 0 Å². The van der Waals surface area contributed by atoms with E-state index in [1.807, 2.05) is 30.3 Å². The van der Waals surface area contributed by atoms with Gasteiger partial charge >= 0.3 is 0 Å². The zero-order chi connectivity index (χ0) is 25.3. The van der Waals surface area contributed by atoms with Gasteiger partial charge in [-0.15, -0.1) is 0 Å². The minimum absolute atomic E-state index is 0.0264. The predicted octanol–water partition coefficient (Wildman–Crippen LogP) is 4.53. The van der Waals surface area contributed by atoms with Crippen LogP contribution in [0, 0.1) is 0 Å². The minimum atomic E-state index is -4.05. The Bertz CT molecular complexity index is 1280. The number of phenolic OH excluding ortho intramolecular Hbond substituents is 1. The third-order valence-electron chi connectivity index (χ3n) is 4.90. The molecular formula is C26H26O8S. The molecule has 8 nitrogen and oxygen atoms in total. The molecule has 184 valence electrons. The van der Waals surface area contributed by atoms with Crippen LogP contribution in [0.15, 0.2) is 72.8 Å². The SMILES string of the molecule is COc1ccc(/C=C/C(=O)c2ccc(OCCCS(=O)(=O)O)cc2O)cc1OCc1ccccc1. The highest BCUT2D eigenvalue weighted by atomic mass is 32.2. The van der Waals surface area contributed by atoms with Crippen LogP contribution in [0.1, 0.15) is 27.9 Å². The van der Waals surface area contributed by atoms with Gasteiger partial charge in [0, 0.05) is 6.07 Å². The van der Waals surface area contributed by atoms with Crippen molar-refractivity contribution in [3.05, 3.63) is 89.5 Å². The van der Waals surface area contributed by atoms with Crippen molar-refractivity contribution >= 4 is 22.0 Å². The molecule has 35 heavy (non-hydrogen) atoms. The number of carbonyl (C=O) groups is 1. The molecule has 0 saturated heterocycles. The first kappa shape index (κ1) is 25.8. The lowest BCUT2D eigenvalue weighted by atomic mass is 10.1. The van der Waals surface area contributed by atoms with Crippen LogP contribution >= 0.6 is 0 Å². The normalized spacial score (nSPS) is 11.4. The van der Waals surface area contributed by atoms with Crippen LogP contribution in [0.5, 0.6) is 23.0 Å². The average Bonchev–Trinajstić information content (AvgIpc) is 2.84. The first-order chi connectivity index (χ1) is 16.7. The van der Waals surface area contributed by atoms with Crippen molar-refractivity contribution in [2.24, 2.45) is 0 Å². The molecule has 9 heteroatoms. The second-order valence-corrected chi connectivity index (χ2v) is 9.12. The molecule has 0 spiro atoms. The Hall–Kier alpha value is -3.82. The fraction of sp³-hybridized carbons (Fsp3) is 0.192. The van der Waals surface area contributed by atoms with Crippen LogP contribution < -0.4 is 14.2 Å². The summed E-state index contributed by atoms with van der Waals surface area (Å²) in [7, 11) is -2.50. The zero-order valence-electron chi connectivity index (χ0n) is 19.1. The molecule has 0 heterocycles. The first-order valence-corrected chi connectivity index (χ1v) is 12.3. The van der Waals surface area contributed by atoms with Crippen molar-refractivity contribution in [2.75, 3.05) is 19.5 Å². The number of phenols is 1. The lowest BCUT2D eigenvalue weighted by Crippen LogP contribution is -2.08. The summed E-state index contributed by atoms with van der Waals surface area (Å²) in [5, 5.41) is 10.2. The van der Waals surface area contributed by atoms with Crippen LogP contribution in [0.25, 0.3) is 6.08 Å². The van der Waals surface area contributed by atoms with Crippen LogP contribution in [0.2, 0.25) is 0 Å². The largest absolute Gasteiger partial charge is 0.507 e. The number of allylic oxidation sites excluding steroid dienone is 1. The summed E-state index contributed by atoms with van der Waals surface area (Å²) in [6.45, 7) is 0.389. The molecule has 0 radical (unpaired) electrons. The second-order valence-electron chi connectivity index (χ2n) is 7.55. The standard InChI is InChI=1S/C26H26O8S/c1-32-25-13-9-19(16-26(25)34-18-20-6-3-2-4-7-20)8-12-23(27)22-11-10-21(17-24(22)28)33-14-5-15-35(29,30)31/h2-4,6-13,16-17,28H,5,14-15,18H2,1H3,(H,29,30,31)/b12-8+. The molecule has 3 aromatic rings. The third-order valence-corrected chi connectivity index (χ3v) is 5.71. The Morgan fingerprint density at radius 2 is 1.74 bits per heavy atom. The summed E-state index contributed by atoms with van der Waals surface area (Å²) in [6, 6.07) is 19.2. The number of ketones is 1. The highest BCUT2D eigenvalue weighted by molar-refractivity contribution is 7.85. The number of benzene rings is 3. The fourth-order valence-corrected chi connectivity index (χ4v) is 3.63. The van der Waals surface area contributed by atoms with Gasteiger partial charge in [-0.05, 0) is 47.9 Å². The Balaban J connectivity index is 1.64. The average molecular weight is 499 g/mol. The van der Waals surface area contributed by atoms with Gasteiger partial charge < -0.3 is 19.3 Å². The second kappa shape index (κ2) is 12.0. The van der Waals surface area contributed by atoms with Gasteiger partial charge in [0.2, 0.25) is 0 Å². The van der Waals surface area contributed by atoms with E-state index in [0.717, 1.165) is 5.56 Å². The number of rotatable bonds is 12. The quantitative estimate of drug-likeness (QED) is 0.162. The van der Waals surface area contributed by atoms with E-state index >= 15 is 0 Å². The Morgan fingerprint density at radius 1 is 0.971 bits per heavy atom. The van der Waals surface area contributed by atoms with E-state index in [0.29, 0.717) is 23.7 Å². The first-order valence-electron chi connectivity index (χ1n) is 10.7. The van der Waals surface area contributed by atoms with Gasteiger partial charge in [0.1, 0.15) is 18.1 Å².